The summed E-state index contributed by atoms with van der Waals surface area (Å²) in [7, 11) is 0. The number of rotatable bonds is 6. The molecule has 116 valence electrons. The maximum atomic E-state index is 5.59. The van der Waals surface area contributed by atoms with Crippen molar-refractivity contribution in [2.45, 2.75) is 92.3 Å². The van der Waals surface area contributed by atoms with Gasteiger partial charge in [-0.2, -0.15) is 5.11 Å². The molecule has 0 aliphatic carbocycles. The minimum absolute atomic E-state index is 0.338. The molecular weight excluding hydrogens is 238 g/mol. The van der Waals surface area contributed by atoms with Gasteiger partial charge in [0.1, 0.15) is 0 Å². The first-order chi connectivity index (χ1) is 9.19. The molecule has 3 unspecified atom stereocenters. The normalized spacial score (nSPS) is 21.6. The Morgan fingerprint density at radius 1 is 1.16 bits per heavy atom. The Labute approximate surface area is 120 Å². The Morgan fingerprint density at radius 2 is 1.74 bits per heavy atom. The van der Waals surface area contributed by atoms with Gasteiger partial charge in [0.05, 0.1) is 18.2 Å². The van der Waals surface area contributed by atoms with Gasteiger partial charge in [-0.05, 0) is 33.1 Å². The molecule has 0 aromatic carbocycles. The first-order valence-electron chi connectivity index (χ1n) is 7.96. The number of nitrogens with zero attached hydrogens (tertiary/aromatic N) is 2. The first-order valence-corrected chi connectivity index (χ1v) is 7.96. The van der Waals surface area contributed by atoms with Gasteiger partial charge in [0, 0.05) is 6.61 Å². The van der Waals surface area contributed by atoms with Gasteiger partial charge in [0.15, 0.2) is 0 Å². The second-order valence-electron chi connectivity index (χ2n) is 4.47. The third kappa shape index (κ3) is 10.9. The van der Waals surface area contributed by atoms with E-state index in [1.807, 2.05) is 20.8 Å². The Bertz CT molecular complexity index is 198. The van der Waals surface area contributed by atoms with Crippen LogP contribution in [0.4, 0.5) is 0 Å². The molecule has 1 aliphatic rings. The molecule has 1 aliphatic heterocycles. The van der Waals surface area contributed by atoms with Crippen LogP contribution in [0.5, 0.6) is 0 Å². The van der Waals surface area contributed by atoms with Crippen LogP contribution in [0, 0.1) is 0 Å². The molecule has 4 heteroatoms. The topological polar surface area (TPSA) is 46.0 Å². The number of hydrogen-bond donors (Lipinski definition) is 1. The van der Waals surface area contributed by atoms with Crippen LogP contribution in [-0.2, 0) is 4.74 Å². The zero-order valence-corrected chi connectivity index (χ0v) is 14.1. The van der Waals surface area contributed by atoms with E-state index in [0.29, 0.717) is 18.2 Å². The van der Waals surface area contributed by atoms with E-state index in [4.69, 9.17) is 4.74 Å². The summed E-state index contributed by atoms with van der Waals surface area (Å²) in [5, 5.41) is 7.97. The van der Waals surface area contributed by atoms with E-state index in [1.54, 1.807) is 0 Å². The molecule has 0 aromatic rings. The average molecular weight is 273 g/mol. The molecule has 0 aromatic heterocycles. The van der Waals surface area contributed by atoms with E-state index in [1.165, 1.54) is 6.42 Å². The average Bonchev–Trinajstić information content (AvgIpc) is 2.83. The van der Waals surface area contributed by atoms with Crippen molar-refractivity contribution in [3.05, 3.63) is 0 Å². The summed E-state index contributed by atoms with van der Waals surface area (Å²) in [5.74, 6) is 0. The Hall–Kier alpha value is -0.640. The molecule has 19 heavy (non-hydrogen) atoms. The van der Waals surface area contributed by atoms with Gasteiger partial charge < -0.3 is 4.74 Å². The SMILES string of the molecule is CC.CCC.CCOC(CC)CCC1N=NNC1C. The number of nitrogens with one attached hydrogen (secondary N) is 1. The van der Waals surface area contributed by atoms with Crippen molar-refractivity contribution in [1.29, 1.82) is 0 Å². The van der Waals surface area contributed by atoms with Crippen molar-refractivity contribution in [2.24, 2.45) is 10.3 Å². The van der Waals surface area contributed by atoms with Crippen LogP contribution in [0.15, 0.2) is 10.3 Å². The van der Waals surface area contributed by atoms with Gasteiger partial charge in [-0.15, -0.1) is 0 Å². The van der Waals surface area contributed by atoms with Crippen molar-refractivity contribution in [3.63, 3.8) is 0 Å². The zero-order chi connectivity index (χ0) is 15.1. The van der Waals surface area contributed by atoms with Crippen molar-refractivity contribution >= 4 is 0 Å². The highest BCUT2D eigenvalue weighted by molar-refractivity contribution is 4.80. The molecule has 1 rings (SSSR count). The lowest BCUT2D eigenvalue weighted by Gasteiger charge is -2.17. The maximum absolute atomic E-state index is 5.59. The first kappa shape index (κ1) is 20.7. The maximum Gasteiger partial charge on any atom is 0.0945 e. The molecule has 0 saturated carbocycles. The molecule has 1 N–H and O–H groups in total. The third-order valence-corrected chi connectivity index (χ3v) is 2.69. The fourth-order valence-electron chi connectivity index (χ4n) is 1.69. The van der Waals surface area contributed by atoms with Gasteiger partial charge in [0.2, 0.25) is 0 Å². The third-order valence-electron chi connectivity index (χ3n) is 2.69. The second kappa shape index (κ2) is 15.4. The van der Waals surface area contributed by atoms with Gasteiger partial charge in [-0.25, -0.2) is 0 Å². The molecule has 0 spiro atoms. The van der Waals surface area contributed by atoms with Crippen molar-refractivity contribution in [2.75, 3.05) is 6.61 Å². The van der Waals surface area contributed by atoms with Crippen molar-refractivity contribution < 1.29 is 4.74 Å². The molecule has 0 radical (unpaired) electrons. The molecule has 3 atom stereocenters. The fraction of sp³-hybridized carbons (Fsp3) is 1.00. The van der Waals surface area contributed by atoms with Crippen LogP contribution >= 0.6 is 0 Å². The largest absolute Gasteiger partial charge is 0.379 e. The second-order valence-corrected chi connectivity index (χ2v) is 4.47. The Balaban J connectivity index is 0. The summed E-state index contributed by atoms with van der Waals surface area (Å²) >= 11 is 0. The summed E-state index contributed by atoms with van der Waals surface area (Å²) in [4.78, 5) is 0. The standard InChI is InChI=1S/C10H21N3O.C3H8.C2H6/c1-4-9(14-5-2)6-7-10-8(3)11-13-12-10;1-3-2;1-2/h8-10H,4-7H2,1-3H3,(H,11,12);3H2,1-2H3;1-2H3. The van der Waals surface area contributed by atoms with Gasteiger partial charge in [0.25, 0.3) is 0 Å². The van der Waals surface area contributed by atoms with E-state index >= 15 is 0 Å². The molecule has 0 amide bonds. The van der Waals surface area contributed by atoms with Gasteiger partial charge >= 0.3 is 0 Å². The lowest BCUT2D eigenvalue weighted by atomic mass is 10.0. The van der Waals surface area contributed by atoms with Crippen LogP contribution in [0.3, 0.4) is 0 Å². The molecule has 4 nitrogen and oxygen atoms in total. The molecule has 1 heterocycles. The minimum Gasteiger partial charge on any atom is -0.379 e. The zero-order valence-electron chi connectivity index (χ0n) is 14.1. The lowest BCUT2D eigenvalue weighted by Crippen LogP contribution is -2.28. The Kier molecular flexibility index (Phi) is 16.8. The minimum atomic E-state index is 0.338. The van der Waals surface area contributed by atoms with Crippen LogP contribution in [0.1, 0.15) is 74.1 Å². The molecule has 0 bridgehead atoms. The van der Waals surface area contributed by atoms with E-state index in [9.17, 15) is 0 Å². The number of hydrogen-bond acceptors (Lipinski definition) is 4. The summed E-state index contributed by atoms with van der Waals surface area (Å²) in [5.41, 5.74) is 2.96. The Morgan fingerprint density at radius 3 is 2.11 bits per heavy atom. The summed E-state index contributed by atoms with van der Waals surface area (Å²) in [6.45, 7) is 15.4. The van der Waals surface area contributed by atoms with E-state index < -0.39 is 0 Å². The highest BCUT2D eigenvalue weighted by Gasteiger charge is 2.21. The van der Waals surface area contributed by atoms with E-state index in [2.05, 4.69) is 43.5 Å². The van der Waals surface area contributed by atoms with Crippen molar-refractivity contribution in [1.82, 2.24) is 5.43 Å². The van der Waals surface area contributed by atoms with Gasteiger partial charge in [-0.3, -0.25) is 5.43 Å². The summed E-state index contributed by atoms with van der Waals surface area (Å²) in [6, 6.07) is 0.721. The van der Waals surface area contributed by atoms with Crippen LogP contribution in [0.2, 0.25) is 0 Å². The quantitative estimate of drug-likeness (QED) is 0.759. The molecule has 0 fully saturated rings. The lowest BCUT2D eigenvalue weighted by molar-refractivity contribution is 0.0513. The highest BCUT2D eigenvalue weighted by Crippen LogP contribution is 2.16. The van der Waals surface area contributed by atoms with Crippen LogP contribution < -0.4 is 5.43 Å². The van der Waals surface area contributed by atoms with Crippen LogP contribution in [-0.4, -0.2) is 24.8 Å². The smallest absolute Gasteiger partial charge is 0.0945 e. The van der Waals surface area contributed by atoms with E-state index in [0.717, 1.165) is 25.9 Å². The molecule has 0 saturated heterocycles. The summed E-state index contributed by atoms with van der Waals surface area (Å²) in [6.07, 6.45) is 4.87. The fourth-order valence-corrected chi connectivity index (χ4v) is 1.69. The highest BCUT2D eigenvalue weighted by atomic mass is 16.5. The predicted molar refractivity (Wildman–Crippen MR) is 83.5 cm³/mol. The van der Waals surface area contributed by atoms with Crippen LogP contribution in [0.25, 0.3) is 0 Å². The van der Waals surface area contributed by atoms with Crippen molar-refractivity contribution in [3.8, 4) is 0 Å². The monoisotopic (exact) mass is 273 g/mol. The summed E-state index contributed by atoms with van der Waals surface area (Å²) < 4.78 is 5.59. The van der Waals surface area contributed by atoms with Gasteiger partial charge in [-0.1, -0.05) is 46.3 Å². The molecular formula is C15H35N3O. The number of ether oxygens (including phenoxy) is 1. The van der Waals surface area contributed by atoms with E-state index in [-0.39, 0.29) is 0 Å². The predicted octanol–water partition coefficient (Wildman–Crippen LogP) is 4.75.